The summed E-state index contributed by atoms with van der Waals surface area (Å²) < 4.78 is 2.23. The maximum Gasteiger partial charge on any atom is 0.130 e. The second-order valence-electron chi connectivity index (χ2n) is 4.56. The third-order valence-electron chi connectivity index (χ3n) is 3.26. The minimum absolute atomic E-state index is 0.160. The summed E-state index contributed by atoms with van der Waals surface area (Å²) in [7, 11) is 1.99. The number of nitrogens with zero attached hydrogens (tertiary/aromatic N) is 2. The third kappa shape index (κ3) is 2.46. The Hall–Kier alpha value is -1.61. The summed E-state index contributed by atoms with van der Waals surface area (Å²) >= 11 is 0. The minimum Gasteiger partial charge on any atom is -0.333 e. The highest BCUT2D eigenvalue weighted by atomic mass is 15.1. The maximum absolute atomic E-state index is 4.52. The smallest absolute Gasteiger partial charge is 0.130 e. The van der Waals surface area contributed by atoms with Crippen molar-refractivity contribution < 1.29 is 0 Å². The summed E-state index contributed by atoms with van der Waals surface area (Å²) in [6.07, 6.45) is 5.06. The van der Waals surface area contributed by atoms with Crippen LogP contribution in [0, 0.1) is 6.92 Å². The van der Waals surface area contributed by atoms with E-state index >= 15 is 0 Å². The molecule has 0 bridgehead atoms. The first-order valence-corrected chi connectivity index (χ1v) is 6.51. The van der Waals surface area contributed by atoms with Gasteiger partial charge in [-0.05, 0) is 31.5 Å². The van der Waals surface area contributed by atoms with Crippen LogP contribution in [0.25, 0.3) is 0 Å². The van der Waals surface area contributed by atoms with E-state index in [1.807, 2.05) is 13.2 Å². The van der Waals surface area contributed by atoms with Crippen molar-refractivity contribution in [2.45, 2.75) is 32.9 Å². The molecule has 0 amide bonds. The highest BCUT2D eigenvalue weighted by Crippen LogP contribution is 2.23. The number of imidazole rings is 1. The fourth-order valence-corrected chi connectivity index (χ4v) is 2.35. The van der Waals surface area contributed by atoms with E-state index in [4.69, 9.17) is 0 Å². The standard InChI is InChI=1S/C15H21N3/c1-4-10-18-11-9-17-15(18)14(16-3)13-8-6-5-7-12(13)2/h5-9,11,14,16H,4,10H2,1-3H3. The van der Waals surface area contributed by atoms with Crippen molar-refractivity contribution in [3.05, 3.63) is 53.6 Å². The van der Waals surface area contributed by atoms with E-state index in [0.717, 1.165) is 18.8 Å². The molecule has 1 atom stereocenters. The number of aryl methyl sites for hydroxylation is 2. The lowest BCUT2D eigenvalue weighted by atomic mass is 10.0. The van der Waals surface area contributed by atoms with Gasteiger partial charge in [-0.2, -0.15) is 0 Å². The number of hydrogen-bond donors (Lipinski definition) is 1. The van der Waals surface area contributed by atoms with Gasteiger partial charge in [0.15, 0.2) is 0 Å². The monoisotopic (exact) mass is 243 g/mol. The zero-order valence-electron chi connectivity index (χ0n) is 11.4. The molecule has 0 radical (unpaired) electrons. The van der Waals surface area contributed by atoms with Crippen LogP contribution in [0.1, 0.15) is 36.3 Å². The van der Waals surface area contributed by atoms with Crippen molar-refractivity contribution in [3.8, 4) is 0 Å². The first kappa shape index (κ1) is 12.8. The zero-order chi connectivity index (χ0) is 13.0. The molecule has 1 unspecified atom stereocenters. The lowest BCUT2D eigenvalue weighted by Crippen LogP contribution is -2.22. The van der Waals surface area contributed by atoms with Crippen LogP contribution in [-0.2, 0) is 6.54 Å². The minimum atomic E-state index is 0.160. The van der Waals surface area contributed by atoms with Gasteiger partial charge in [-0.15, -0.1) is 0 Å². The van der Waals surface area contributed by atoms with Crippen molar-refractivity contribution in [2.75, 3.05) is 7.05 Å². The quantitative estimate of drug-likeness (QED) is 0.875. The Morgan fingerprint density at radius 2 is 2.11 bits per heavy atom. The van der Waals surface area contributed by atoms with E-state index in [1.165, 1.54) is 11.1 Å². The number of nitrogens with one attached hydrogen (secondary N) is 1. The number of aromatic nitrogens is 2. The second kappa shape index (κ2) is 5.83. The fourth-order valence-electron chi connectivity index (χ4n) is 2.35. The van der Waals surface area contributed by atoms with Gasteiger partial charge in [0.25, 0.3) is 0 Å². The molecule has 0 aliphatic rings. The Labute approximate surface area is 109 Å². The summed E-state index contributed by atoms with van der Waals surface area (Å²) in [6.45, 7) is 5.35. The van der Waals surface area contributed by atoms with Crippen LogP contribution < -0.4 is 5.32 Å². The lowest BCUT2D eigenvalue weighted by molar-refractivity contribution is 0.566. The van der Waals surface area contributed by atoms with E-state index in [2.05, 4.69) is 59.2 Å². The average molecular weight is 243 g/mol. The van der Waals surface area contributed by atoms with Crippen molar-refractivity contribution in [1.29, 1.82) is 0 Å². The lowest BCUT2D eigenvalue weighted by Gasteiger charge is -2.19. The van der Waals surface area contributed by atoms with Crippen molar-refractivity contribution in [1.82, 2.24) is 14.9 Å². The molecule has 2 aromatic rings. The summed E-state index contributed by atoms with van der Waals surface area (Å²) in [5.41, 5.74) is 2.59. The molecule has 96 valence electrons. The van der Waals surface area contributed by atoms with E-state index < -0.39 is 0 Å². The molecule has 1 aromatic carbocycles. The Bertz CT molecular complexity index is 502. The van der Waals surface area contributed by atoms with Gasteiger partial charge in [0.05, 0.1) is 6.04 Å². The van der Waals surface area contributed by atoms with Gasteiger partial charge in [-0.3, -0.25) is 0 Å². The first-order chi connectivity index (χ1) is 8.77. The van der Waals surface area contributed by atoms with Crippen LogP contribution in [0.15, 0.2) is 36.7 Å². The molecule has 2 rings (SSSR count). The highest BCUT2D eigenvalue weighted by molar-refractivity contribution is 5.32. The van der Waals surface area contributed by atoms with E-state index in [1.54, 1.807) is 0 Å². The SMILES string of the molecule is CCCn1ccnc1C(NC)c1ccccc1C. The van der Waals surface area contributed by atoms with E-state index in [0.29, 0.717) is 0 Å². The number of rotatable bonds is 5. The van der Waals surface area contributed by atoms with Gasteiger partial charge in [-0.25, -0.2) is 4.98 Å². The molecule has 3 heteroatoms. The summed E-state index contributed by atoms with van der Waals surface area (Å²) in [4.78, 5) is 4.52. The summed E-state index contributed by atoms with van der Waals surface area (Å²) in [6, 6.07) is 8.63. The Morgan fingerprint density at radius 1 is 1.33 bits per heavy atom. The van der Waals surface area contributed by atoms with Crippen LogP contribution in [0.5, 0.6) is 0 Å². The molecule has 0 aliphatic heterocycles. The molecule has 0 saturated carbocycles. The summed E-state index contributed by atoms with van der Waals surface area (Å²) in [5, 5.41) is 3.38. The molecule has 3 nitrogen and oxygen atoms in total. The molecular formula is C15H21N3. The van der Waals surface area contributed by atoms with Gasteiger partial charge in [0.1, 0.15) is 5.82 Å². The Morgan fingerprint density at radius 3 is 2.78 bits per heavy atom. The van der Waals surface area contributed by atoms with Crippen LogP contribution >= 0.6 is 0 Å². The molecule has 1 N–H and O–H groups in total. The van der Waals surface area contributed by atoms with Gasteiger partial charge < -0.3 is 9.88 Å². The Balaban J connectivity index is 2.39. The van der Waals surface area contributed by atoms with Gasteiger partial charge in [0, 0.05) is 18.9 Å². The number of hydrogen-bond acceptors (Lipinski definition) is 2. The van der Waals surface area contributed by atoms with Crippen LogP contribution in [0.3, 0.4) is 0 Å². The second-order valence-corrected chi connectivity index (χ2v) is 4.56. The van der Waals surface area contributed by atoms with E-state index in [-0.39, 0.29) is 6.04 Å². The number of benzene rings is 1. The van der Waals surface area contributed by atoms with Crippen LogP contribution in [-0.4, -0.2) is 16.6 Å². The Kier molecular flexibility index (Phi) is 4.15. The van der Waals surface area contributed by atoms with Gasteiger partial charge >= 0.3 is 0 Å². The average Bonchev–Trinajstić information content (AvgIpc) is 2.82. The largest absolute Gasteiger partial charge is 0.333 e. The molecular weight excluding hydrogens is 222 g/mol. The van der Waals surface area contributed by atoms with Gasteiger partial charge in [-0.1, -0.05) is 31.2 Å². The highest BCUT2D eigenvalue weighted by Gasteiger charge is 2.18. The van der Waals surface area contributed by atoms with Crippen molar-refractivity contribution >= 4 is 0 Å². The van der Waals surface area contributed by atoms with Crippen molar-refractivity contribution in [2.24, 2.45) is 0 Å². The normalized spacial score (nSPS) is 12.6. The first-order valence-electron chi connectivity index (χ1n) is 6.51. The molecule has 0 spiro atoms. The maximum atomic E-state index is 4.52. The zero-order valence-corrected chi connectivity index (χ0v) is 11.4. The van der Waals surface area contributed by atoms with Crippen LogP contribution in [0.4, 0.5) is 0 Å². The molecule has 0 saturated heterocycles. The van der Waals surface area contributed by atoms with E-state index in [9.17, 15) is 0 Å². The third-order valence-corrected chi connectivity index (χ3v) is 3.26. The fraction of sp³-hybridized carbons (Fsp3) is 0.400. The molecule has 1 aromatic heterocycles. The van der Waals surface area contributed by atoms with Gasteiger partial charge in [0.2, 0.25) is 0 Å². The summed E-state index contributed by atoms with van der Waals surface area (Å²) in [5.74, 6) is 1.09. The topological polar surface area (TPSA) is 29.9 Å². The van der Waals surface area contributed by atoms with Crippen molar-refractivity contribution in [3.63, 3.8) is 0 Å². The molecule has 0 aliphatic carbocycles. The predicted molar refractivity (Wildman–Crippen MR) is 74.6 cm³/mol. The molecule has 0 fully saturated rings. The molecule has 18 heavy (non-hydrogen) atoms. The predicted octanol–water partition coefficient (Wildman–Crippen LogP) is 2.91. The van der Waals surface area contributed by atoms with Crippen LogP contribution in [0.2, 0.25) is 0 Å². The molecule has 1 heterocycles.